The van der Waals surface area contributed by atoms with E-state index in [0.29, 0.717) is 6.04 Å². The molecule has 2 rings (SSSR count). The van der Waals surface area contributed by atoms with Crippen LogP contribution in [-0.2, 0) is 6.54 Å². The zero-order chi connectivity index (χ0) is 11.7. The largest absolute Gasteiger partial charge is 0.459 e. The van der Waals surface area contributed by atoms with Gasteiger partial charge in [0.25, 0.3) is 0 Å². The lowest BCUT2D eigenvalue weighted by Gasteiger charge is -2.05. The number of hydrogen-bond acceptors (Lipinski definition) is 2. The number of furan rings is 1. The maximum absolute atomic E-state index is 5.84. The van der Waals surface area contributed by atoms with Crippen LogP contribution in [-0.4, -0.2) is 6.04 Å². The summed E-state index contributed by atoms with van der Waals surface area (Å²) in [6.07, 6.45) is 0. The van der Waals surface area contributed by atoms with E-state index in [2.05, 4.69) is 51.2 Å². The first kappa shape index (κ1) is 11.2. The number of rotatable bonds is 3. The predicted octanol–water partition coefficient (Wildman–Crippen LogP) is 3.55. The maximum atomic E-state index is 5.84. The molecule has 0 unspecified atom stereocenters. The highest BCUT2D eigenvalue weighted by Crippen LogP contribution is 2.26. The Morgan fingerprint density at radius 1 is 1.25 bits per heavy atom. The molecule has 0 fully saturated rings. The third-order valence-corrected chi connectivity index (χ3v) is 2.86. The van der Waals surface area contributed by atoms with Crippen molar-refractivity contribution in [3.63, 3.8) is 0 Å². The summed E-state index contributed by atoms with van der Waals surface area (Å²) in [4.78, 5) is 0. The molecule has 2 aromatic rings. The Morgan fingerprint density at radius 3 is 2.69 bits per heavy atom. The first-order valence-electron chi connectivity index (χ1n) is 5.80. The molecule has 0 amide bonds. The summed E-state index contributed by atoms with van der Waals surface area (Å²) >= 11 is 0. The molecule has 0 aliphatic carbocycles. The highest BCUT2D eigenvalue weighted by atomic mass is 16.3. The average molecular weight is 217 g/mol. The summed E-state index contributed by atoms with van der Waals surface area (Å²) in [6, 6.07) is 6.81. The molecule has 0 bridgehead atoms. The lowest BCUT2D eigenvalue weighted by atomic mass is 10.1. The third kappa shape index (κ3) is 2.12. The van der Waals surface area contributed by atoms with Crippen LogP contribution >= 0.6 is 0 Å². The number of fused-ring (bicyclic) bond motifs is 1. The van der Waals surface area contributed by atoms with Crippen LogP contribution in [0.15, 0.2) is 22.6 Å². The number of aryl methyl sites for hydroxylation is 2. The van der Waals surface area contributed by atoms with Gasteiger partial charge in [0, 0.05) is 11.4 Å². The van der Waals surface area contributed by atoms with Crippen molar-refractivity contribution >= 4 is 11.0 Å². The smallest absolute Gasteiger partial charge is 0.134 e. The highest BCUT2D eigenvalue weighted by molar-refractivity contribution is 5.82. The van der Waals surface area contributed by atoms with Gasteiger partial charge in [-0.2, -0.15) is 0 Å². The molecule has 1 aromatic carbocycles. The quantitative estimate of drug-likeness (QED) is 0.850. The zero-order valence-corrected chi connectivity index (χ0v) is 10.4. The van der Waals surface area contributed by atoms with Crippen molar-refractivity contribution in [2.45, 2.75) is 40.3 Å². The number of hydrogen-bond donors (Lipinski definition) is 1. The van der Waals surface area contributed by atoms with Crippen molar-refractivity contribution in [1.29, 1.82) is 0 Å². The fraction of sp³-hybridized carbons (Fsp3) is 0.429. The molecule has 0 saturated carbocycles. The maximum Gasteiger partial charge on any atom is 0.134 e. The molecule has 0 aliphatic heterocycles. The summed E-state index contributed by atoms with van der Waals surface area (Å²) in [5.74, 6) is 1.05. The van der Waals surface area contributed by atoms with Crippen molar-refractivity contribution in [1.82, 2.24) is 5.32 Å². The molecule has 2 heteroatoms. The fourth-order valence-corrected chi connectivity index (χ4v) is 1.85. The Labute approximate surface area is 96.6 Å². The Morgan fingerprint density at radius 2 is 2.00 bits per heavy atom. The number of nitrogens with one attached hydrogen (secondary N) is 1. The summed E-state index contributed by atoms with van der Waals surface area (Å²) in [6.45, 7) is 9.32. The molecule has 1 N–H and O–H groups in total. The van der Waals surface area contributed by atoms with Crippen molar-refractivity contribution in [2.75, 3.05) is 0 Å². The van der Waals surface area contributed by atoms with E-state index in [4.69, 9.17) is 4.42 Å². The van der Waals surface area contributed by atoms with Gasteiger partial charge in [-0.05, 0) is 31.5 Å². The van der Waals surface area contributed by atoms with Crippen LogP contribution in [0.2, 0.25) is 0 Å². The van der Waals surface area contributed by atoms with E-state index in [1.54, 1.807) is 0 Å². The van der Waals surface area contributed by atoms with Crippen LogP contribution in [0.25, 0.3) is 11.0 Å². The van der Waals surface area contributed by atoms with Gasteiger partial charge in [-0.1, -0.05) is 25.5 Å². The van der Waals surface area contributed by atoms with Gasteiger partial charge in [-0.15, -0.1) is 0 Å². The molecular weight excluding hydrogens is 198 g/mol. The second-order valence-corrected chi connectivity index (χ2v) is 4.69. The third-order valence-electron chi connectivity index (χ3n) is 2.86. The van der Waals surface area contributed by atoms with E-state index < -0.39 is 0 Å². The Kier molecular flexibility index (Phi) is 3.01. The van der Waals surface area contributed by atoms with Gasteiger partial charge in [-0.25, -0.2) is 0 Å². The van der Waals surface area contributed by atoms with Crippen molar-refractivity contribution in [3.05, 3.63) is 35.1 Å². The van der Waals surface area contributed by atoms with Gasteiger partial charge in [0.1, 0.15) is 11.3 Å². The van der Waals surface area contributed by atoms with Gasteiger partial charge in [0.15, 0.2) is 0 Å². The normalized spacial score (nSPS) is 11.6. The minimum atomic E-state index is 0.481. The monoisotopic (exact) mass is 217 g/mol. The van der Waals surface area contributed by atoms with Crippen molar-refractivity contribution in [3.8, 4) is 0 Å². The molecule has 86 valence electrons. The van der Waals surface area contributed by atoms with Gasteiger partial charge in [0.05, 0.1) is 6.54 Å². The zero-order valence-electron chi connectivity index (χ0n) is 10.4. The molecule has 16 heavy (non-hydrogen) atoms. The molecule has 0 saturated heterocycles. The van der Waals surface area contributed by atoms with E-state index in [0.717, 1.165) is 17.9 Å². The van der Waals surface area contributed by atoms with Gasteiger partial charge in [0.2, 0.25) is 0 Å². The predicted molar refractivity (Wildman–Crippen MR) is 67.7 cm³/mol. The minimum Gasteiger partial charge on any atom is -0.459 e. The Balaban J connectivity index is 2.36. The highest BCUT2D eigenvalue weighted by Gasteiger charge is 2.10. The van der Waals surface area contributed by atoms with Gasteiger partial charge >= 0.3 is 0 Å². The molecule has 0 radical (unpaired) electrons. The van der Waals surface area contributed by atoms with Gasteiger partial charge in [-0.3, -0.25) is 0 Å². The summed E-state index contributed by atoms with van der Waals surface area (Å²) in [7, 11) is 0. The molecule has 0 spiro atoms. The summed E-state index contributed by atoms with van der Waals surface area (Å²) < 4.78 is 5.84. The average Bonchev–Trinajstić information content (AvgIpc) is 2.53. The first-order valence-corrected chi connectivity index (χ1v) is 5.80. The van der Waals surface area contributed by atoms with E-state index in [1.165, 1.54) is 16.5 Å². The van der Waals surface area contributed by atoms with Crippen molar-refractivity contribution in [2.24, 2.45) is 0 Å². The van der Waals surface area contributed by atoms with E-state index >= 15 is 0 Å². The first-order chi connectivity index (χ1) is 7.58. The summed E-state index contributed by atoms with van der Waals surface area (Å²) in [5, 5.41) is 4.62. The van der Waals surface area contributed by atoms with Crippen LogP contribution < -0.4 is 5.32 Å². The second-order valence-electron chi connectivity index (χ2n) is 4.69. The van der Waals surface area contributed by atoms with Crippen LogP contribution in [0.4, 0.5) is 0 Å². The Bertz CT molecular complexity index is 497. The number of benzene rings is 1. The minimum absolute atomic E-state index is 0.481. The van der Waals surface area contributed by atoms with E-state index in [-0.39, 0.29) is 0 Å². The van der Waals surface area contributed by atoms with E-state index in [1.807, 2.05) is 0 Å². The molecule has 1 heterocycles. The lowest BCUT2D eigenvalue weighted by molar-refractivity contribution is 0.485. The van der Waals surface area contributed by atoms with Crippen LogP contribution in [0.3, 0.4) is 0 Å². The van der Waals surface area contributed by atoms with Crippen LogP contribution in [0.5, 0.6) is 0 Å². The molecular formula is C14H19NO. The Hall–Kier alpha value is -1.28. The topological polar surface area (TPSA) is 25.2 Å². The molecule has 0 atom stereocenters. The second kappa shape index (κ2) is 4.30. The molecule has 0 aliphatic rings. The summed E-state index contributed by atoms with van der Waals surface area (Å²) in [5.41, 5.74) is 3.52. The van der Waals surface area contributed by atoms with Gasteiger partial charge < -0.3 is 9.73 Å². The van der Waals surface area contributed by atoms with E-state index in [9.17, 15) is 0 Å². The van der Waals surface area contributed by atoms with Crippen molar-refractivity contribution < 1.29 is 4.42 Å². The molecule has 1 aromatic heterocycles. The standard InChI is InChI=1S/C14H19NO/c1-9(2)15-8-14-11(4)12-7-10(3)5-6-13(12)16-14/h5-7,9,15H,8H2,1-4H3. The lowest BCUT2D eigenvalue weighted by Crippen LogP contribution is -2.21. The van der Waals surface area contributed by atoms with Crippen LogP contribution in [0.1, 0.15) is 30.7 Å². The molecule has 2 nitrogen and oxygen atoms in total. The SMILES string of the molecule is Cc1ccc2oc(CNC(C)C)c(C)c2c1. The fourth-order valence-electron chi connectivity index (χ4n) is 1.85. The van der Waals surface area contributed by atoms with Crippen LogP contribution in [0, 0.1) is 13.8 Å².